The minimum absolute atomic E-state index is 0.105. The van der Waals surface area contributed by atoms with Crippen molar-refractivity contribution in [3.63, 3.8) is 0 Å². The molecule has 3 nitrogen and oxygen atoms in total. The molecule has 0 radical (unpaired) electrons. The van der Waals surface area contributed by atoms with Crippen molar-refractivity contribution in [1.29, 1.82) is 0 Å². The van der Waals surface area contributed by atoms with Crippen LogP contribution < -0.4 is 5.32 Å². The van der Waals surface area contributed by atoms with Crippen LogP contribution >= 0.6 is 0 Å². The highest BCUT2D eigenvalue weighted by atomic mass is 16.3. The van der Waals surface area contributed by atoms with Crippen molar-refractivity contribution < 1.29 is 5.11 Å². The predicted molar refractivity (Wildman–Crippen MR) is 58.3 cm³/mol. The maximum Gasteiger partial charge on any atom is 0.125 e. The number of aliphatic hydroxyl groups excluding tert-OH is 1. The van der Waals surface area contributed by atoms with Gasteiger partial charge in [-0.2, -0.15) is 0 Å². The number of anilines is 1. The van der Waals surface area contributed by atoms with Gasteiger partial charge in [-0.1, -0.05) is 19.9 Å². The van der Waals surface area contributed by atoms with Crippen LogP contribution in [0.3, 0.4) is 0 Å². The standard InChI is InChI=1S/C11H18N2O/c1-9-4-5-10(12-6-9)13-7-11(2,3)8-14/h4-6,14H,7-8H2,1-3H3,(H,12,13). The third-order valence-electron chi connectivity index (χ3n) is 2.09. The summed E-state index contributed by atoms with van der Waals surface area (Å²) in [6, 6.07) is 3.96. The Labute approximate surface area is 85.2 Å². The van der Waals surface area contributed by atoms with Gasteiger partial charge < -0.3 is 10.4 Å². The Morgan fingerprint density at radius 2 is 2.14 bits per heavy atom. The number of hydrogen-bond acceptors (Lipinski definition) is 3. The third-order valence-corrected chi connectivity index (χ3v) is 2.09. The van der Waals surface area contributed by atoms with Crippen LogP contribution in [0.2, 0.25) is 0 Å². The van der Waals surface area contributed by atoms with Crippen LogP contribution in [0.25, 0.3) is 0 Å². The molecule has 0 fully saturated rings. The van der Waals surface area contributed by atoms with Gasteiger partial charge in [-0.05, 0) is 18.6 Å². The molecule has 0 unspecified atom stereocenters. The van der Waals surface area contributed by atoms with Crippen molar-refractivity contribution in [1.82, 2.24) is 4.98 Å². The van der Waals surface area contributed by atoms with E-state index in [1.54, 1.807) is 0 Å². The number of pyridine rings is 1. The summed E-state index contributed by atoms with van der Waals surface area (Å²) in [5.41, 5.74) is 1.05. The molecule has 0 bridgehead atoms. The van der Waals surface area contributed by atoms with Crippen LogP contribution in [0.15, 0.2) is 18.3 Å². The van der Waals surface area contributed by atoms with Crippen LogP contribution in [0.4, 0.5) is 5.82 Å². The Bertz CT molecular complexity index is 280. The molecule has 1 rings (SSSR count). The van der Waals surface area contributed by atoms with E-state index in [1.807, 2.05) is 39.1 Å². The van der Waals surface area contributed by atoms with E-state index in [2.05, 4.69) is 10.3 Å². The van der Waals surface area contributed by atoms with Crippen LogP contribution in [0, 0.1) is 12.3 Å². The minimum Gasteiger partial charge on any atom is -0.396 e. The molecule has 1 aromatic heterocycles. The quantitative estimate of drug-likeness (QED) is 0.768. The first-order chi connectivity index (χ1) is 6.53. The van der Waals surface area contributed by atoms with Crippen molar-refractivity contribution in [2.75, 3.05) is 18.5 Å². The van der Waals surface area contributed by atoms with Gasteiger partial charge in [-0.15, -0.1) is 0 Å². The lowest BCUT2D eigenvalue weighted by atomic mass is 9.95. The first kappa shape index (κ1) is 11.0. The molecule has 0 spiro atoms. The lowest BCUT2D eigenvalue weighted by molar-refractivity contribution is 0.170. The summed E-state index contributed by atoms with van der Waals surface area (Å²) in [5.74, 6) is 0.858. The Hall–Kier alpha value is -1.09. The molecule has 1 aromatic rings. The van der Waals surface area contributed by atoms with Crippen molar-refractivity contribution >= 4 is 5.82 Å². The van der Waals surface area contributed by atoms with Gasteiger partial charge in [0.1, 0.15) is 5.82 Å². The molecule has 78 valence electrons. The van der Waals surface area contributed by atoms with Gasteiger partial charge in [-0.3, -0.25) is 0 Å². The number of aryl methyl sites for hydroxylation is 1. The molecule has 0 saturated heterocycles. The Morgan fingerprint density at radius 1 is 1.43 bits per heavy atom. The number of rotatable bonds is 4. The smallest absolute Gasteiger partial charge is 0.125 e. The van der Waals surface area contributed by atoms with E-state index in [1.165, 1.54) is 0 Å². The van der Waals surface area contributed by atoms with E-state index in [9.17, 15) is 0 Å². The summed E-state index contributed by atoms with van der Waals surface area (Å²) < 4.78 is 0. The third kappa shape index (κ3) is 3.34. The SMILES string of the molecule is Cc1ccc(NCC(C)(C)CO)nc1. The molecule has 0 aliphatic heterocycles. The second-order valence-corrected chi connectivity index (χ2v) is 4.40. The van der Waals surface area contributed by atoms with Gasteiger partial charge in [-0.25, -0.2) is 4.98 Å². The molecule has 0 saturated carbocycles. The number of nitrogens with one attached hydrogen (secondary N) is 1. The first-order valence-corrected chi connectivity index (χ1v) is 4.81. The lowest BCUT2D eigenvalue weighted by Crippen LogP contribution is -2.27. The monoisotopic (exact) mass is 194 g/mol. The molecule has 1 heterocycles. The van der Waals surface area contributed by atoms with Gasteiger partial charge in [0.2, 0.25) is 0 Å². The van der Waals surface area contributed by atoms with Crippen LogP contribution in [-0.4, -0.2) is 23.2 Å². The second kappa shape index (κ2) is 4.42. The molecule has 0 atom stereocenters. The summed E-state index contributed by atoms with van der Waals surface area (Å²) in [6.45, 7) is 6.92. The summed E-state index contributed by atoms with van der Waals surface area (Å²) in [4.78, 5) is 4.22. The molecular weight excluding hydrogens is 176 g/mol. The molecule has 0 aliphatic rings. The summed E-state index contributed by atoms with van der Waals surface area (Å²) in [7, 11) is 0. The number of aliphatic hydroxyl groups is 1. The average molecular weight is 194 g/mol. The summed E-state index contributed by atoms with van der Waals surface area (Å²) in [6.07, 6.45) is 1.83. The van der Waals surface area contributed by atoms with Gasteiger partial charge in [0.25, 0.3) is 0 Å². The normalized spacial score (nSPS) is 11.4. The molecule has 2 N–H and O–H groups in total. The van der Waals surface area contributed by atoms with E-state index in [4.69, 9.17) is 5.11 Å². The molecule has 0 aromatic carbocycles. The highest BCUT2D eigenvalue weighted by Crippen LogP contribution is 2.14. The van der Waals surface area contributed by atoms with Crippen molar-refractivity contribution in [3.05, 3.63) is 23.9 Å². The topological polar surface area (TPSA) is 45.1 Å². The fourth-order valence-corrected chi connectivity index (χ4v) is 0.958. The van der Waals surface area contributed by atoms with Crippen LogP contribution in [0.5, 0.6) is 0 Å². The maximum absolute atomic E-state index is 9.06. The summed E-state index contributed by atoms with van der Waals surface area (Å²) in [5, 5.41) is 12.2. The highest BCUT2D eigenvalue weighted by Gasteiger charge is 2.15. The largest absolute Gasteiger partial charge is 0.396 e. The molecule has 14 heavy (non-hydrogen) atoms. The first-order valence-electron chi connectivity index (χ1n) is 4.81. The molecule has 3 heteroatoms. The zero-order valence-corrected chi connectivity index (χ0v) is 9.04. The lowest BCUT2D eigenvalue weighted by Gasteiger charge is -2.22. The molecule has 0 aliphatic carbocycles. The van der Waals surface area contributed by atoms with Gasteiger partial charge >= 0.3 is 0 Å². The highest BCUT2D eigenvalue weighted by molar-refractivity contribution is 5.35. The van der Waals surface area contributed by atoms with E-state index in [0.717, 1.165) is 17.9 Å². The van der Waals surface area contributed by atoms with Gasteiger partial charge in [0.15, 0.2) is 0 Å². The maximum atomic E-state index is 9.06. The van der Waals surface area contributed by atoms with Gasteiger partial charge in [0, 0.05) is 24.8 Å². The van der Waals surface area contributed by atoms with E-state index in [0.29, 0.717) is 0 Å². The van der Waals surface area contributed by atoms with Crippen molar-refractivity contribution in [2.24, 2.45) is 5.41 Å². The van der Waals surface area contributed by atoms with Crippen molar-refractivity contribution in [2.45, 2.75) is 20.8 Å². The predicted octanol–water partition coefficient (Wildman–Crippen LogP) is 1.82. The Kier molecular flexibility index (Phi) is 3.47. The fraction of sp³-hybridized carbons (Fsp3) is 0.545. The zero-order valence-electron chi connectivity index (χ0n) is 9.04. The van der Waals surface area contributed by atoms with E-state index < -0.39 is 0 Å². The fourth-order valence-electron chi connectivity index (χ4n) is 0.958. The second-order valence-electron chi connectivity index (χ2n) is 4.40. The number of hydrogen-bond donors (Lipinski definition) is 2. The molecular formula is C11H18N2O. The van der Waals surface area contributed by atoms with Crippen LogP contribution in [-0.2, 0) is 0 Å². The van der Waals surface area contributed by atoms with E-state index in [-0.39, 0.29) is 12.0 Å². The molecule has 0 amide bonds. The van der Waals surface area contributed by atoms with Crippen molar-refractivity contribution in [3.8, 4) is 0 Å². The minimum atomic E-state index is -0.105. The van der Waals surface area contributed by atoms with Gasteiger partial charge in [0.05, 0.1) is 0 Å². The average Bonchev–Trinajstić information content (AvgIpc) is 2.17. The number of aromatic nitrogens is 1. The Morgan fingerprint density at radius 3 is 2.64 bits per heavy atom. The zero-order chi connectivity index (χ0) is 10.6. The number of nitrogens with zero attached hydrogens (tertiary/aromatic N) is 1. The van der Waals surface area contributed by atoms with E-state index >= 15 is 0 Å². The summed E-state index contributed by atoms with van der Waals surface area (Å²) >= 11 is 0. The van der Waals surface area contributed by atoms with Crippen LogP contribution in [0.1, 0.15) is 19.4 Å². The Balaban J connectivity index is 2.50.